The molecule has 0 atom stereocenters. The van der Waals surface area contributed by atoms with Crippen LogP contribution in [0.15, 0.2) is 4.99 Å². The van der Waals surface area contributed by atoms with Gasteiger partial charge in [0.25, 0.3) is 0 Å². The Labute approximate surface area is 82.5 Å². The normalized spacial score (nSPS) is 23.4. The maximum atomic E-state index is 11.1. The predicted octanol–water partition coefficient (Wildman–Crippen LogP) is -1.60. The van der Waals surface area contributed by atoms with Gasteiger partial charge in [-0.25, -0.2) is 10.8 Å². The highest BCUT2D eigenvalue weighted by molar-refractivity contribution is 5.87. The Morgan fingerprint density at radius 1 is 1.64 bits per heavy atom. The first-order valence-corrected chi connectivity index (χ1v) is 4.85. The van der Waals surface area contributed by atoms with Gasteiger partial charge in [0.1, 0.15) is 0 Å². The highest BCUT2D eigenvalue weighted by Crippen LogP contribution is 2.23. The molecular weight excluding hydrogens is 182 g/mol. The number of aliphatic imine (C=N–C) groups is 1. The minimum Gasteiger partial charge on any atom is -0.353 e. The quantitative estimate of drug-likeness (QED) is 0.205. The fourth-order valence-corrected chi connectivity index (χ4v) is 1.41. The van der Waals surface area contributed by atoms with E-state index in [4.69, 9.17) is 5.84 Å². The van der Waals surface area contributed by atoms with E-state index in [1.165, 1.54) is 0 Å². The van der Waals surface area contributed by atoms with Crippen LogP contribution in [0.1, 0.15) is 12.8 Å². The molecule has 6 heteroatoms. The standard InChI is InChI=1S/C8H15N5O/c9-12-8(11-6-1-2-6)13-4-3-10-7(14)5-13/h6H,1-5,9H2,(H,10,14)(H,11,12). The van der Waals surface area contributed by atoms with Gasteiger partial charge in [0, 0.05) is 13.1 Å². The number of guanidine groups is 1. The molecule has 0 aromatic rings. The minimum absolute atomic E-state index is 0.0231. The Balaban J connectivity index is 1.98. The third-order valence-electron chi connectivity index (χ3n) is 2.32. The van der Waals surface area contributed by atoms with E-state index >= 15 is 0 Å². The van der Waals surface area contributed by atoms with Gasteiger partial charge >= 0.3 is 0 Å². The molecule has 6 nitrogen and oxygen atoms in total. The highest BCUT2D eigenvalue weighted by Gasteiger charge is 2.24. The van der Waals surface area contributed by atoms with Gasteiger partial charge in [0.15, 0.2) is 0 Å². The van der Waals surface area contributed by atoms with Crippen molar-refractivity contribution < 1.29 is 4.79 Å². The minimum atomic E-state index is 0.0231. The van der Waals surface area contributed by atoms with E-state index in [0.29, 0.717) is 25.1 Å². The Morgan fingerprint density at radius 3 is 3.00 bits per heavy atom. The lowest BCUT2D eigenvalue weighted by molar-refractivity contribution is -0.122. The molecule has 0 unspecified atom stereocenters. The smallest absolute Gasteiger partial charge is 0.239 e. The van der Waals surface area contributed by atoms with Crippen molar-refractivity contribution in [2.45, 2.75) is 18.9 Å². The van der Waals surface area contributed by atoms with Gasteiger partial charge in [-0.1, -0.05) is 0 Å². The summed E-state index contributed by atoms with van der Waals surface area (Å²) >= 11 is 0. The predicted molar refractivity (Wildman–Crippen MR) is 52.4 cm³/mol. The number of nitrogens with one attached hydrogen (secondary N) is 2. The highest BCUT2D eigenvalue weighted by atomic mass is 16.2. The van der Waals surface area contributed by atoms with Gasteiger partial charge in [0.05, 0.1) is 12.6 Å². The zero-order valence-electron chi connectivity index (χ0n) is 7.99. The number of piperazine rings is 1. The van der Waals surface area contributed by atoms with Crippen molar-refractivity contribution in [3.8, 4) is 0 Å². The fraction of sp³-hybridized carbons (Fsp3) is 0.750. The zero-order chi connectivity index (χ0) is 9.97. The van der Waals surface area contributed by atoms with Crippen LogP contribution in [-0.4, -0.2) is 42.4 Å². The van der Waals surface area contributed by atoms with E-state index in [1.807, 2.05) is 4.90 Å². The van der Waals surface area contributed by atoms with E-state index in [9.17, 15) is 4.79 Å². The van der Waals surface area contributed by atoms with E-state index < -0.39 is 0 Å². The van der Waals surface area contributed by atoms with Crippen LogP contribution >= 0.6 is 0 Å². The second-order valence-corrected chi connectivity index (χ2v) is 3.60. The molecule has 1 amide bonds. The number of carbonyl (C=O) groups is 1. The molecule has 14 heavy (non-hydrogen) atoms. The van der Waals surface area contributed by atoms with E-state index in [2.05, 4.69) is 15.7 Å². The summed E-state index contributed by atoms with van der Waals surface area (Å²) in [4.78, 5) is 17.4. The number of hydrogen-bond acceptors (Lipinski definition) is 3. The van der Waals surface area contributed by atoms with Crippen LogP contribution in [0.3, 0.4) is 0 Å². The second kappa shape index (κ2) is 3.83. The van der Waals surface area contributed by atoms with Crippen LogP contribution in [0.5, 0.6) is 0 Å². The average Bonchev–Trinajstić information content (AvgIpc) is 2.98. The lowest BCUT2D eigenvalue weighted by Crippen LogP contribution is -2.55. The number of nitrogens with zero attached hydrogens (tertiary/aromatic N) is 2. The molecule has 2 rings (SSSR count). The largest absolute Gasteiger partial charge is 0.353 e. The molecule has 2 aliphatic rings. The number of nitrogens with two attached hydrogens (primary N) is 1. The van der Waals surface area contributed by atoms with E-state index in [1.54, 1.807) is 0 Å². The molecule has 0 spiro atoms. The van der Waals surface area contributed by atoms with Gasteiger partial charge in [-0.05, 0) is 12.8 Å². The lowest BCUT2D eigenvalue weighted by atomic mass is 10.4. The van der Waals surface area contributed by atoms with Crippen LogP contribution in [-0.2, 0) is 4.79 Å². The monoisotopic (exact) mass is 197 g/mol. The Bertz CT molecular complexity index is 260. The van der Waals surface area contributed by atoms with Gasteiger partial charge in [-0.3, -0.25) is 10.2 Å². The first-order valence-electron chi connectivity index (χ1n) is 4.85. The maximum absolute atomic E-state index is 11.1. The summed E-state index contributed by atoms with van der Waals surface area (Å²) in [6, 6.07) is 0.408. The number of rotatable bonds is 1. The molecule has 2 fully saturated rings. The number of hydrogen-bond donors (Lipinski definition) is 3. The second-order valence-electron chi connectivity index (χ2n) is 3.60. The molecule has 1 saturated carbocycles. The summed E-state index contributed by atoms with van der Waals surface area (Å²) < 4.78 is 0. The van der Waals surface area contributed by atoms with Crippen molar-refractivity contribution in [1.29, 1.82) is 0 Å². The summed E-state index contributed by atoms with van der Waals surface area (Å²) in [5.41, 5.74) is 2.56. The van der Waals surface area contributed by atoms with Gasteiger partial charge in [0.2, 0.25) is 11.9 Å². The van der Waals surface area contributed by atoms with E-state index in [0.717, 1.165) is 19.4 Å². The molecular formula is C8H15N5O. The fourth-order valence-electron chi connectivity index (χ4n) is 1.41. The first-order chi connectivity index (χ1) is 6.79. The van der Waals surface area contributed by atoms with E-state index in [-0.39, 0.29) is 5.91 Å². The topological polar surface area (TPSA) is 82.8 Å². The molecule has 0 radical (unpaired) electrons. The Morgan fingerprint density at radius 2 is 2.43 bits per heavy atom. The van der Waals surface area contributed by atoms with Gasteiger partial charge in [-0.2, -0.15) is 0 Å². The summed E-state index contributed by atoms with van der Waals surface area (Å²) in [5.74, 6) is 6.04. The third-order valence-corrected chi connectivity index (χ3v) is 2.32. The number of amides is 1. The third kappa shape index (κ3) is 2.14. The lowest BCUT2D eigenvalue weighted by Gasteiger charge is -2.28. The van der Waals surface area contributed by atoms with Crippen molar-refractivity contribution in [3.05, 3.63) is 0 Å². The van der Waals surface area contributed by atoms with Crippen LogP contribution < -0.4 is 16.6 Å². The van der Waals surface area contributed by atoms with Gasteiger partial charge < -0.3 is 10.2 Å². The number of hydrazine groups is 1. The van der Waals surface area contributed by atoms with Gasteiger partial charge in [-0.15, -0.1) is 0 Å². The van der Waals surface area contributed by atoms with Crippen LogP contribution in [0.4, 0.5) is 0 Å². The Hall–Kier alpha value is -1.30. The van der Waals surface area contributed by atoms with Crippen molar-refractivity contribution >= 4 is 11.9 Å². The molecule has 1 aliphatic heterocycles. The molecule has 4 N–H and O–H groups in total. The summed E-state index contributed by atoms with van der Waals surface area (Å²) in [5, 5.41) is 2.76. The van der Waals surface area contributed by atoms with Crippen LogP contribution in [0, 0.1) is 0 Å². The van der Waals surface area contributed by atoms with Crippen molar-refractivity contribution in [2.75, 3.05) is 19.6 Å². The summed E-state index contributed by atoms with van der Waals surface area (Å²) in [6.45, 7) is 1.77. The number of carbonyl (C=O) groups excluding carboxylic acids is 1. The summed E-state index contributed by atoms with van der Waals surface area (Å²) in [6.07, 6.45) is 2.26. The zero-order valence-corrected chi connectivity index (χ0v) is 7.99. The SMILES string of the molecule is NNC(=NC1CC1)N1CCNC(=O)C1. The molecule has 0 aromatic heterocycles. The molecule has 0 aromatic carbocycles. The molecule has 1 aliphatic carbocycles. The molecule has 1 saturated heterocycles. The summed E-state index contributed by atoms with van der Waals surface area (Å²) in [7, 11) is 0. The Kier molecular flexibility index (Phi) is 2.53. The van der Waals surface area contributed by atoms with Crippen molar-refractivity contribution in [2.24, 2.45) is 10.8 Å². The first kappa shape index (κ1) is 9.26. The molecule has 78 valence electrons. The van der Waals surface area contributed by atoms with Crippen LogP contribution in [0.2, 0.25) is 0 Å². The van der Waals surface area contributed by atoms with Crippen molar-refractivity contribution in [1.82, 2.24) is 15.6 Å². The molecule has 0 bridgehead atoms. The van der Waals surface area contributed by atoms with Crippen LogP contribution in [0.25, 0.3) is 0 Å². The average molecular weight is 197 g/mol. The van der Waals surface area contributed by atoms with Crippen molar-refractivity contribution in [3.63, 3.8) is 0 Å². The maximum Gasteiger partial charge on any atom is 0.239 e. The molecule has 1 heterocycles.